The Bertz CT molecular complexity index is 227. The number of aryl methyl sites for hydroxylation is 1. The van der Waals surface area contributed by atoms with Crippen molar-refractivity contribution in [3.63, 3.8) is 0 Å². The van der Waals surface area contributed by atoms with Crippen molar-refractivity contribution < 1.29 is 0 Å². The summed E-state index contributed by atoms with van der Waals surface area (Å²) in [4.78, 5) is 3.99. The number of nitrogens with zero attached hydrogens (tertiary/aromatic N) is 1. The SMILES string of the molecule is SCCCc1ccncc1Br. The summed E-state index contributed by atoms with van der Waals surface area (Å²) >= 11 is 7.59. The van der Waals surface area contributed by atoms with Gasteiger partial charge in [-0.05, 0) is 46.2 Å². The van der Waals surface area contributed by atoms with Crippen molar-refractivity contribution in [2.45, 2.75) is 12.8 Å². The fourth-order valence-corrected chi connectivity index (χ4v) is 1.48. The fraction of sp³-hybridized carbons (Fsp3) is 0.375. The number of halogens is 1. The molecule has 0 aliphatic heterocycles. The smallest absolute Gasteiger partial charge is 0.0412 e. The van der Waals surface area contributed by atoms with Crippen molar-refractivity contribution in [1.82, 2.24) is 4.98 Å². The lowest BCUT2D eigenvalue weighted by Gasteiger charge is -2.00. The number of hydrogen-bond acceptors (Lipinski definition) is 2. The Morgan fingerprint density at radius 3 is 3.00 bits per heavy atom. The Kier molecular flexibility index (Phi) is 3.94. The summed E-state index contributed by atoms with van der Waals surface area (Å²) in [5, 5.41) is 0. The molecule has 0 saturated carbocycles. The second-order valence-corrected chi connectivity index (χ2v) is 3.60. The second kappa shape index (κ2) is 4.78. The van der Waals surface area contributed by atoms with Crippen LogP contribution in [0.4, 0.5) is 0 Å². The van der Waals surface area contributed by atoms with Crippen molar-refractivity contribution >= 4 is 28.6 Å². The van der Waals surface area contributed by atoms with Crippen LogP contribution in [-0.4, -0.2) is 10.7 Å². The molecule has 0 spiro atoms. The summed E-state index contributed by atoms with van der Waals surface area (Å²) in [6, 6.07) is 2.04. The predicted octanol–water partition coefficient (Wildman–Crippen LogP) is 2.71. The molecule has 1 aromatic rings. The number of hydrogen-bond donors (Lipinski definition) is 1. The first-order chi connectivity index (χ1) is 5.34. The molecule has 0 aliphatic rings. The van der Waals surface area contributed by atoms with Gasteiger partial charge in [0, 0.05) is 16.9 Å². The van der Waals surface area contributed by atoms with Gasteiger partial charge in [0.2, 0.25) is 0 Å². The number of pyridine rings is 1. The zero-order valence-electron chi connectivity index (χ0n) is 6.13. The average molecular weight is 232 g/mol. The Labute approximate surface area is 80.8 Å². The minimum atomic E-state index is 0.939. The van der Waals surface area contributed by atoms with E-state index in [1.54, 1.807) is 0 Å². The molecule has 0 unspecified atom stereocenters. The molecule has 0 amide bonds. The minimum Gasteiger partial charge on any atom is -0.264 e. The van der Waals surface area contributed by atoms with Gasteiger partial charge in [-0.25, -0.2) is 0 Å². The van der Waals surface area contributed by atoms with Crippen molar-refractivity contribution in [3.8, 4) is 0 Å². The van der Waals surface area contributed by atoms with E-state index in [1.807, 2.05) is 18.5 Å². The molecule has 0 atom stereocenters. The Hall–Kier alpha value is -0.0200. The molecular weight excluding hydrogens is 222 g/mol. The van der Waals surface area contributed by atoms with Crippen LogP contribution in [0.1, 0.15) is 12.0 Å². The van der Waals surface area contributed by atoms with Crippen LogP contribution in [0.15, 0.2) is 22.9 Å². The first-order valence-corrected chi connectivity index (χ1v) is 4.96. The molecule has 0 radical (unpaired) electrons. The Morgan fingerprint density at radius 2 is 2.36 bits per heavy atom. The zero-order chi connectivity index (χ0) is 8.10. The molecule has 3 heteroatoms. The van der Waals surface area contributed by atoms with Gasteiger partial charge in [-0.15, -0.1) is 0 Å². The molecule has 1 aromatic heterocycles. The monoisotopic (exact) mass is 231 g/mol. The van der Waals surface area contributed by atoms with Gasteiger partial charge >= 0.3 is 0 Å². The second-order valence-electron chi connectivity index (χ2n) is 2.29. The summed E-state index contributed by atoms with van der Waals surface area (Å²) < 4.78 is 1.10. The third-order valence-electron chi connectivity index (χ3n) is 1.46. The number of rotatable bonds is 3. The van der Waals surface area contributed by atoms with Gasteiger partial charge in [-0.3, -0.25) is 4.98 Å². The van der Waals surface area contributed by atoms with Gasteiger partial charge in [0.1, 0.15) is 0 Å². The molecule has 0 aromatic carbocycles. The van der Waals surface area contributed by atoms with Crippen molar-refractivity contribution in [1.29, 1.82) is 0 Å². The topological polar surface area (TPSA) is 12.9 Å². The molecule has 1 heterocycles. The molecule has 1 nitrogen and oxygen atoms in total. The minimum absolute atomic E-state index is 0.939. The quantitative estimate of drug-likeness (QED) is 0.790. The fourth-order valence-electron chi connectivity index (χ4n) is 0.876. The van der Waals surface area contributed by atoms with E-state index in [-0.39, 0.29) is 0 Å². The Balaban J connectivity index is 2.62. The van der Waals surface area contributed by atoms with Crippen LogP contribution in [-0.2, 0) is 6.42 Å². The van der Waals surface area contributed by atoms with E-state index in [2.05, 4.69) is 33.5 Å². The largest absolute Gasteiger partial charge is 0.264 e. The third-order valence-corrected chi connectivity index (χ3v) is 2.49. The third kappa shape index (κ3) is 2.83. The van der Waals surface area contributed by atoms with Crippen LogP contribution in [0.25, 0.3) is 0 Å². The predicted molar refractivity (Wildman–Crippen MR) is 54.1 cm³/mol. The summed E-state index contributed by atoms with van der Waals surface area (Å²) in [5.41, 5.74) is 1.31. The maximum Gasteiger partial charge on any atom is 0.0412 e. The molecule has 0 N–H and O–H groups in total. The highest BCUT2D eigenvalue weighted by molar-refractivity contribution is 9.10. The van der Waals surface area contributed by atoms with E-state index < -0.39 is 0 Å². The van der Waals surface area contributed by atoms with Crippen LogP contribution < -0.4 is 0 Å². The maximum absolute atomic E-state index is 4.15. The van der Waals surface area contributed by atoms with Crippen molar-refractivity contribution in [2.24, 2.45) is 0 Å². The van der Waals surface area contributed by atoms with Crippen LogP contribution >= 0.6 is 28.6 Å². The van der Waals surface area contributed by atoms with Crippen molar-refractivity contribution in [3.05, 3.63) is 28.5 Å². The highest BCUT2D eigenvalue weighted by atomic mass is 79.9. The zero-order valence-corrected chi connectivity index (χ0v) is 8.61. The van der Waals surface area contributed by atoms with E-state index in [0.717, 1.165) is 23.1 Å². The Morgan fingerprint density at radius 1 is 1.55 bits per heavy atom. The average Bonchev–Trinajstić information content (AvgIpc) is 2.03. The molecule has 0 saturated heterocycles. The van der Waals surface area contributed by atoms with Crippen LogP contribution in [0.5, 0.6) is 0 Å². The van der Waals surface area contributed by atoms with E-state index in [1.165, 1.54) is 5.56 Å². The lowest BCUT2D eigenvalue weighted by atomic mass is 10.2. The molecule has 1 rings (SSSR count). The number of aromatic nitrogens is 1. The highest BCUT2D eigenvalue weighted by Gasteiger charge is 1.96. The van der Waals surface area contributed by atoms with Gasteiger partial charge in [0.05, 0.1) is 0 Å². The first kappa shape index (κ1) is 9.07. The highest BCUT2D eigenvalue weighted by Crippen LogP contribution is 2.15. The van der Waals surface area contributed by atoms with E-state index in [4.69, 9.17) is 0 Å². The summed E-state index contributed by atoms with van der Waals surface area (Å²) in [7, 11) is 0. The van der Waals surface area contributed by atoms with Crippen LogP contribution in [0.2, 0.25) is 0 Å². The van der Waals surface area contributed by atoms with Gasteiger partial charge in [0.15, 0.2) is 0 Å². The standard InChI is InChI=1S/C8H10BrNS/c9-8-6-10-4-3-7(8)2-1-5-11/h3-4,6,11H,1-2,5H2. The molecule has 0 fully saturated rings. The summed E-state index contributed by atoms with van der Waals surface area (Å²) in [6.45, 7) is 0. The van der Waals surface area contributed by atoms with Crippen LogP contribution in [0.3, 0.4) is 0 Å². The van der Waals surface area contributed by atoms with Gasteiger partial charge in [0.25, 0.3) is 0 Å². The summed E-state index contributed by atoms with van der Waals surface area (Å²) in [5.74, 6) is 0.939. The molecule has 0 aliphatic carbocycles. The van der Waals surface area contributed by atoms with Gasteiger partial charge in [-0.1, -0.05) is 0 Å². The van der Waals surface area contributed by atoms with Crippen LogP contribution in [0, 0.1) is 0 Å². The van der Waals surface area contributed by atoms with E-state index in [9.17, 15) is 0 Å². The summed E-state index contributed by atoms with van der Waals surface area (Å²) in [6.07, 6.45) is 5.84. The van der Waals surface area contributed by atoms with E-state index in [0.29, 0.717) is 0 Å². The number of thiol groups is 1. The van der Waals surface area contributed by atoms with Crippen molar-refractivity contribution in [2.75, 3.05) is 5.75 Å². The van der Waals surface area contributed by atoms with Gasteiger partial charge in [-0.2, -0.15) is 12.6 Å². The molecular formula is C8H10BrNS. The van der Waals surface area contributed by atoms with E-state index >= 15 is 0 Å². The lowest BCUT2D eigenvalue weighted by molar-refractivity contribution is 0.926. The first-order valence-electron chi connectivity index (χ1n) is 3.54. The molecule has 60 valence electrons. The lowest BCUT2D eigenvalue weighted by Crippen LogP contribution is -1.88. The maximum atomic E-state index is 4.15. The normalized spacial score (nSPS) is 10.0. The van der Waals surface area contributed by atoms with Gasteiger partial charge < -0.3 is 0 Å². The molecule has 11 heavy (non-hydrogen) atoms. The molecule has 0 bridgehead atoms.